The Labute approximate surface area is 177 Å². The van der Waals surface area contributed by atoms with Crippen molar-refractivity contribution >= 4 is 33.4 Å². The van der Waals surface area contributed by atoms with Crippen LogP contribution in [0, 0.1) is 5.92 Å². The van der Waals surface area contributed by atoms with Gasteiger partial charge in [0.05, 0.1) is 5.92 Å². The minimum Gasteiger partial charge on any atom is -0.341 e. The van der Waals surface area contributed by atoms with Crippen LogP contribution >= 0.6 is 0 Å². The fourth-order valence-electron chi connectivity index (χ4n) is 5.37. The minimum absolute atomic E-state index is 0.0841. The van der Waals surface area contributed by atoms with E-state index < -0.39 is 0 Å². The van der Waals surface area contributed by atoms with Gasteiger partial charge in [0.1, 0.15) is 0 Å². The molecule has 3 aromatic rings. The molecule has 1 atom stereocenters. The van der Waals surface area contributed by atoms with Gasteiger partial charge in [0, 0.05) is 32.6 Å². The Balaban J connectivity index is 1.41. The third-order valence-electron chi connectivity index (χ3n) is 6.93. The van der Waals surface area contributed by atoms with Crippen LogP contribution in [0.5, 0.6) is 0 Å². The Hall–Kier alpha value is -2.88. The first-order valence-corrected chi connectivity index (χ1v) is 11.1. The molecule has 3 aromatic carbocycles. The average Bonchev–Trinajstić information content (AvgIpc) is 3.42. The van der Waals surface area contributed by atoms with Crippen LogP contribution in [0.1, 0.15) is 37.7 Å². The van der Waals surface area contributed by atoms with Crippen molar-refractivity contribution in [3.8, 4) is 0 Å². The van der Waals surface area contributed by atoms with E-state index in [4.69, 9.17) is 0 Å². The lowest BCUT2D eigenvalue weighted by Crippen LogP contribution is -2.37. The van der Waals surface area contributed by atoms with Crippen molar-refractivity contribution < 1.29 is 9.59 Å². The van der Waals surface area contributed by atoms with E-state index in [1.165, 1.54) is 39.9 Å². The van der Waals surface area contributed by atoms with E-state index in [9.17, 15) is 9.59 Å². The first kappa shape index (κ1) is 19.1. The molecule has 4 nitrogen and oxygen atoms in total. The van der Waals surface area contributed by atoms with Crippen molar-refractivity contribution in [2.45, 2.75) is 44.7 Å². The van der Waals surface area contributed by atoms with Crippen LogP contribution in [0.25, 0.3) is 21.5 Å². The smallest absolute Gasteiger partial charge is 0.228 e. The molecule has 0 radical (unpaired) electrons. The van der Waals surface area contributed by atoms with Crippen molar-refractivity contribution in [2.24, 2.45) is 5.92 Å². The molecule has 1 unspecified atom stereocenters. The fraction of sp³-hybridized carbons (Fsp3) is 0.385. The molecule has 0 bridgehead atoms. The first-order valence-electron chi connectivity index (χ1n) is 11.1. The van der Waals surface area contributed by atoms with Gasteiger partial charge < -0.3 is 9.80 Å². The molecule has 2 amide bonds. The predicted molar refractivity (Wildman–Crippen MR) is 120 cm³/mol. The topological polar surface area (TPSA) is 40.6 Å². The van der Waals surface area contributed by atoms with E-state index in [0.29, 0.717) is 25.6 Å². The lowest BCUT2D eigenvalue weighted by atomic mass is 9.96. The summed E-state index contributed by atoms with van der Waals surface area (Å²) in [5, 5.41) is 4.75. The second-order valence-corrected chi connectivity index (χ2v) is 8.88. The molecule has 0 N–H and O–H groups in total. The Morgan fingerprint density at radius 2 is 1.60 bits per heavy atom. The quantitative estimate of drug-likeness (QED) is 0.594. The highest BCUT2D eigenvalue weighted by Crippen LogP contribution is 2.32. The van der Waals surface area contributed by atoms with Gasteiger partial charge in [-0.1, -0.05) is 61.4 Å². The predicted octanol–water partition coefficient (Wildman–Crippen LogP) is 4.74. The summed E-state index contributed by atoms with van der Waals surface area (Å²) in [5.41, 5.74) is 1.18. The van der Waals surface area contributed by atoms with Crippen LogP contribution < -0.4 is 0 Å². The molecule has 1 saturated carbocycles. The van der Waals surface area contributed by atoms with Gasteiger partial charge in [0.2, 0.25) is 11.8 Å². The highest BCUT2D eigenvalue weighted by atomic mass is 16.2. The van der Waals surface area contributed by atoms with Gasteiger partial charge in [0.15, 0.2) is 0 Å². The van der Waals surface area contributed by atoms with Gasteiger partial charge in [-0.15, -0.1) is 0 Å². The number of benzene rings is 3. The zero-order valence-corrected chi connectivity index (χ0v) is 17.5. The van der Waals surface area contributed by atoms with Crippen LogP contribution in [0.15, 0.2) is 54.6 Å². The molecular formula is C26H28N2O2. The Morgan fingerprint density at radius 1 is 1.00 bits per heavy atom. The summed E-state index contributed by atoms with van der Waals surface area (Å²) < 4.78 is 0. The number of carbonyl (C=O) groups is 2. The van der Waals surface area contributed by atoms with E-state index in [2.05, 4.69) is 54.6 Å². The molecule has 1 aliphatic carbocycles. The third-order valence-corrected chi connectivity index (χ3v) is 6.93. The van der Waals surface area contributed by atoms with Gasteiger partial charge in [-0.25, -0.2) is 0 Å². The van der Waals surface area contributed by atoms with E-state index in [0.717, 1.165) is 12.8 Å². The van der Waals surface area contributed by atoms with Crippen molar-refractivity contribution in [2.75, 3.05) is 13.6 Å². The summed E-state index contributed by atoms with van der Waals surface area (Å²) in [6.45, 7) is 1.14. The number of nitrogens with zero attached hydrogens (tertiary/aromatic N) is 2. The Morgan fingerprint density at radius 3 is 2.23 bits per heavy atom. The molecule has 154 valence electrons. The standard InChI is InChI=1S/C26H28N2O2/c1-27(26(30)20-15-25(29)28(16-20)21-10-4-5-11-21)17-24-22-12-6-2-8-18(22)14-19-9-3-7-13-23(19)24/h2-3,6-9,12-14,20-21H,4-5,10-11,15-17H2,1H3. The molecule has 0 aromatic heterocycles. The van der Waals surface area contributed by atoms with Crippen LogP contribution in [0.2, 0.25) is 0 Å². The average molecular weight is 401 g/mol. The lowest BCUT2D eigenvalue weighted by molar-refractivity contribution is -0.135. The van der Waals surface area contributed by atoms with Gasteiger partial charge in [-0.2, -0.15) is 0 Å². The SMILES string of the molecule is CN(Cc1c2ccccc2cc2ccccc12)C(=O)C1CC(=O)N(C2CCCC2)C1. The Kier molecular flexibility index (Phi) is 4.93. The summed E-state index contributed by atoms with van der Waals surface area (Å²) in [6.07, 6.45) is 4.92. The van der Waals surface area contributed by atoms with E-state index in [-0.39, 0.29) is 17.7 Å². The van der Waals surface area contributed by atoms with Crippen LogP contribution in [0.3, 0.4) is 0 Å². The monoisotopic (exact) mass is 400 g/mol. The minimum atomic E-state index is -0.218. The number of rotatable bonds is 4. The number of fused-ring (bicyclic) bond motifs is 2. The maximum atomic E-state index is 13.3. The van der Waals surface area contributed by atoms with Crippen molar-refractivity contribution in [1.82, 2.24) is 9.80 Å². The third kappa shape index (κ3) is 3.34. The summed E-state index contributed by atoms with van der Waals surface area (Å²) in [6, 6.07) is 19.3. The summed E-state index contributed by atoms with van der Waals surface area (Å²) >= 11 is 0. The number of hydrogen-bond acceptors (Lipinski definition) is 2. The zero-order chi connectivity index (χ0) is 20.7. The molecule has 4 heteroatoms. The number of amides is 2. The molecule has 5 rings (SSSR count). The number of hydrogen-bond donors (Lipinski definition) is 0. The number of carbonyl (C=O) groups excluding carboxylic acids is 2. The van der Waals surface area contributed by atoms with Crippen molar-refractivity contribution in [1.29, 1.82) is 0 Å². The van der Waals surface area contributed by atoms with Crippen molar-refractivity contribution in [3.63, 3.8) is 0 Å². The molecular weight excluding hydrogens is 372 g/mol. The lowest BCUT2D eigenvalue weighted by Gasteiger charge is -2.25. The molecule has 1 aliphatic heterocycles. The van der Waals surface area contributed by atoms with Crippen LogP contribution in [0.4, 0.5) is 0 Å². The molecule has 1 heterocycles. The normalized spacial score (nSPS) is 19.8. The van der Waals surface area contributed by atoms with E-state index >= 15 is 0 Å². The summed E-state index contributed by atoms with van der Waals surface area (Å²) in [4.78, 5) is 29.6. The Bertz CT molecular complexity index is 1060. The first-order chi connectivity index (χ1) is 14.6. The van der Waals surface area contributed by atoms with Crippen LogP contribution in [-0.4, -0.2) is 41.2 Å². The molecule has 2 aliphatic rings. The molecule has 1 saturated heterocycles. The summed E-state index contributed by atoms with van der Waals surface area (Å²) in [7, 11) is 1.88. The summed E-state index contributed by atoms with van der Waals surface area (Å²) in [5.74, 6) is 0.0227. The van der Waals surface area contributed by atoms with E-state index in [1.54, 1.807) is 0 Å². The van der Waals surface area contributed by atoms with Gasteiger partial charge in [0.25, 0.3) is 0 Å². The van der Waals surface area contributed by atoms with Crippen molar-refractivity contribution in [3.05, 3.63) is 60.2 Å². The molecule has 0 spiro atoms. The second-order valence-electron chi connectivity index (χ2n) is 8.88. The molecule has 30 heavy (non-hydrogen) atoms. The second kappa shape index (κ2) is 7.75. The zero-order valence-electron chi connectivity index (χ0n) is 17.5. The van der Waals surface area contributed by atoms with Gasteiger partial charge >= 0.3 is 0 Å². The van der Waals surface area contributed by atoms with Gasteiger partial charge in [-0.3, -0.25) is 9.59 Å². The van der Waals surface area contributed by atoms with E-state index in [1.807, 2.05) is 16.8 Å². The highest BCUT2D eigenvalue weighted by molar-refractivity contribution is 6.02. The fourth-order valence-corrected chi connectivity index (χ4v) is 5.37. The number of likely N-dealkylation sites (tertiary alicyclic amines) is 1. The molecule has 2 fully saturated rings. The van der Waals surface area contributed by atoms with Gasteiger partial charge in [-0.05, 0) is 46.0 Å². The maximum absolute atomic E-state index is 13.3. The largest absolute Gasteiger partial charge is 0.341 e. The van der Waals surface area contributed by atoms with Crippen LogP contribution in [-0.2, 0) is 16.1 Å². The maximum Gasteiger partial charge on any atom is 0.228 e. The highest BCUT2D eigenvalue weighted by Gasteiger charge is 2.39.